The summed E-state index contributed by atoms with van der Waals surface area (Å²) in [5.41, 5.74) is 8.60. The molecular formula is C16H23N3O. The quantitative estimate of drug-likeness (QED) is 0.877. The van der Waals surface area contributed by atoms with E-state index in [-0.39, 0.29) is 6.04 Å². The molecule has 1 atom stereocenters. The summed E-state index contributed by atoms with van der Waals surface area (Å²) in [6.07, 6.45) is 2.52. The lowest BCUT2D eigenvalue weighted by Gasteiger charge is -2.08. The zero-order chi connectivity index (χ0) is 14.5. The summed E-state index contributed by atoms with van der Waals surface area (Å²) in [5, 5.41) is 8.14. The van der Waals surface area contributed by atoms with Crippen LogP contribution in [0.4, 0.5) is 0 Å². The summed E-state index contributed by atoms with van der Waals surface area (Å²) >= 11 is 0. The van der Waals surface area contributed by atoms with Crippen molar-refractivity contribution in [1.82, 2.24) is 10.2 Å². The van der Waals surface area contributed by atoms with Gasteiger partial charge in [0, 0.05) is 6.42 Å². The molecule has 2 aromatic rings. The van der Waals surface area contributed by atoms with E-state index in [1.165, 1.54) is 11.1 Å². The molecule has 0 aliphatic carbocycles. The van der Waals surface area contributed by atoms with Gasteiger partial charge in [-0.2, -0.15) is 0 Å². The van der Waals surface area contributed by atoms with E-state index in [9.17, 15) is 0 Å². The number of aromatic nitrogens is 2. The molecular weight excluding hydrogens is 250 g/mol. The molecule has 0 aliphatic heterocycles. The normalized spacial score (nSPS) is 12.8. The highest BCUT2D eigenvalue weighted by atomic mass is 16.4. The van der Waals surface area contributed by atoms with Crippen LogP contribution in [0.25, 0.3) is 0 Å². The maximum atomic E-state index is 6.04. The van der Waals surface area contributed by atoms with Crippen LogP contribution in [0.15, 0.2) is 28.7 Å². The van der Waals surface area contributed by atoms with Crippen molar-refractivity contribution in [2.24, 2.45) is 11.7 Å². The van der Waals surface area contributed by atoms with E-state index in [0.717, 1.165) is 19.3 Å². The lowest BCUT2D eigenvalue weighted by atomic mass is 10.0. The molecule has 0 amide bonds. The van der Waals surface area contributed by atoms with Crippen molar-refractivity contribution in [3.8, 4) is 0 Å². The highest BCUT2D eigenvalue weighted by Gasteiger charge is 2.15. The van der Waals surface area contributed by atoms with Gasteiger partial charge in [0.1, 0.15) is 0 Å². The van der Waals surface area contributed by atoms with E-state index in [0.29, 0.717) is 17.7 Å². The Hall–Kier alpha value is -1.68. The molecule has 0 bridgehead atoms. The van der Waals surface area contributed by atoms with Crippen LogP contribution in [0, 0.1) is 12.8 Å². The number of hydrogen-bond donors (Lipinski definition) is 1. The summed E-state index contributed by atoms with van der Waals surface area (Å²) in [4.78, 5) is 0. The monoisotopic (exact) mass is 273 g/mol. The van der Waals surface area contributed by atoms with Crippen LogP contribution < -0.4 is 5.73 Å². The highest BCUT2D eigenvalue weighted by Crippen LogP contribution is 2.18. The van der Waals surface area contributed by atoms with Crippen LogP contribution >= 0.6 is 0 Å². The van der Waals surface area contributed by atoms with Crippen molar-refractivity contribution in [1.29, 1.82) is 0 Å². The SMILES string of the molecule is Cc1cccc(CCc2nnc(C(N)CC(C)C)o2)c1. The molecule has 4 heteroatoms. The first kappa shape index (κ1) is 14.7. The first-order chi connectivity index (χ1) is 9.54. The molecule has 0 aliphatic rings. The van der Waals surface area contributed by atoms with Gasteiger partial charge >= 0.3 is 0 Å². The van der Waals surface area contributed by atoms with Crippen molar-refractivity contribution < 1.29 is 4.42 Å². The van der Waals surface area contributed by atoms with Gasteiger partial charge in [0.2, 0.25) is 11.8 Å². The predicted octanol–water partition coefficient (Wildman–Crippen LogP) is 3.21. The number of nitrogens with zero attached hydrogens (tertiary/aromatic N) is 2. The Bertz CT molecular complexity index is 548. The predicted molar refractivity (Wildman–Crippen MR) is 79.3 cm³/mol. The molecule has 108 valence electrons. The zero-order valence-electron chi connectivity index (χ0n) is 12.5. The minimum absolute atomic E-state index is 0.157. The van der Waals surface area contributed by atoms with Crippen LogP contribution in [0.5, 0.6) is 0 Å². The second-order valence-electron chi connectivity index (χ2n) is 5.76. The summed E-state index contributed by atoms with van der Waals surface area (Å²) in [6, 6.07) is 8.31. The van der Waals surface area contributed by atoms with Gasteiger partial charge in [-0.05, 0) is 31.2 Å². The van der Waals surface area contributed by atoms with E-state index in [1.807, 2.05) is 0 Å². The Morgan fingerprint density at radius 1 is 1.20 bits per heavy atom. The Balaban J connectivity index is 1.93. The average molecular weight is 273 g/mol. The fourth-order valence-corrected chi connectivity index (χ4v) is 2.25. The number of nitrogens with two attached hydrogens (primary N) is 1. The van der Waals surface area contributed by atoms with Gasteiger partial charge in [0.15, 0.2) is 0 Å². The lowest BCUT2D eigenvalue weighted by molar-refractivity contribution is 0.383. The first-order valence-electron chi connectivity index (χ1n) is 7.18. The standard InChI is InChI=1S/C16H23N3O/c1-11(2)9-14(17)16-19-18-15(20-16)8-7-13-6-4-5-12(3)10-13/h4-6,10-11,14H,7-9,17H2,1-3H3. The van der Waals surface area contributed by atoms with Crippen molar-refractivity contribution in [2.45, 2.75) is 46.1 Å². The van der Waals surface area contributed by atoms with Gasteiger partial charge in [0.05, 0.1) is 6.04 Å². The third-order valence-electron chi connectivity index (χ3n) is 3.24. The fourth-order valence-electron chi connectivity index (χ4n) is 2.25. The molecule has 4 nitrogen and oxygen atoms in total. The van der Waals surface area contributed by atoms with Crippen molar-refractivity contribution >= 4 is 0 Å². The molecule has 0 saturated carbocycles. The van der Waals surface area contributed by atoms with E-state index >= 15 is 0 Å². The molecule has 1 aromatic heterocycles. The molecule has 2 N–H and O–H groups in total. The van der Waals surface area contributed by atoms with Gasteiger partial charge in [-0.1, -0.05) is 43.7 Å². The minimum atomic E-state index is -0.157. The largest absolute Gasteiger partial charge is 0.424 e. The van der Waals surface area contributed by atoms with Gasteiger partial charge in [0.25, 0.3) is 0 Å². The summed E-state index contributed by atoms with van der Waals surface area (Å²) in [5.74, 6) is 1.74. The lowest BCUT2D eigenvalue weighted by Crippen LogP contribution is -2.13. The molecule has 0 radical (unpaired) electrons. The van der Waals surface area contributed by atoms with E-state index in [2.05, 4.69) is 55.2 Å². The molecule has 20 heavy (non-hydrogen) atoms. The summed E-state index contributed by atoms with van der Waals surface area (Å²) < 4.78 is 5.65. The zero-order valence-corrected chi connectivity index (χ0v) is 12.5. The Morgan fingerprint density at radius 2 is 2.00 bits per heavy atom. The number of rotatable bonds is 6. The number of hydrogen-bond acceptors (Lipinski definition) is 4. The van der Waals surface area contributed by atoms with E-state index < -0.39 is 0 Å². The fraction of sp³-hybridized carbons (Fsp3) is 0.500. The molecule has 1 unspecified atom stereocenters. The average Bonchev–Trinajstić information content (AvgIpc) is 2.84. The second-order valence-corrected chi connectivity index (χ2v) is 5.76. The number of aryl methyl sites for hydroxylation is 3. The third kappa shape index (κ3) is 4.17. The van der Waals surface area contributed by atoms with Crippen LogP contribution in [-0.4, -0.2) is 10.2 Å². The summed E-state index contributed by atoms with van der Waals surface area (Å²) in [6.45, 7) is 6.36. The Labute approximate surface area is 120 Å². The maximum Gasteiger partial charge on any atom is 0.233 e. The highest BCUT2D eigenvalue weighted by molar-refractivity contribution is 5.22. The van der Waals surface area contributed by atoms with E-state index in [1.54, 1.807) is 0 Å². The minimum Gasteiger partial charge on any atom is -0.424 e. The van der Waals surface area contributed by atoms with E-state index in [4.69, 9.17) is 10.2 Å². The third-order valence-corrected chi connectivity index (χ3v) is 3.24. The molecule has 1 heterocycles. The van der Waals surface area contributed by atoms with Crippen molar-refractivity contribution in [2.75, 3.05) is 0 Å². The van der Waals surface area contributed by atoms with Crippen LogP contribution in [0.3, 0.4) is 0 Å². The Kier molecular flexibility index (Phi) is 4.90. The van der Waals surface area contributed by atoms with Gasteiger partial charge < -0.3 is 10.2 Å². The van der Waals surface area contributed by atoms with Gasteiger partial charge in [-0.15, -0.1) is 10.2 Å². The maximum absolute atomic E-state index is 6.04. The smallest absolute Gasteiger partial charge is 0.233 e. The molecule has 2 rings (SSSR count). The molecule has 0 fully saturated rings. The van der Waals surface area contributed by atoms with Crippen LogP contribution in [-0.2, 0) is 12.8 Å². The van der Waals surface area contributed by atoms with Gasteiger partial charge in [-0.3, -0.25) is 0 Å². The van der Waals surface area contributed by atoms with Crippen molar-refractivity contribution in [3.63, 3.8) is 0 Å². The van der Waals surface area contributed by atoms with Crippen molar-refractivity contribution in [3.05, 3.63) is 47.2 Å². The van der Waals surface area contributed by atoms with Crippen LogP contribution in [0.2, 0.25) is 0 Å². The van der Waals surface area contributed by atoms with Gasteiger partial charge in [-0.25, -0.2) is 0 Å². The Morgan fingerprint density at radius 3 is 2.70 bits per heavy atom. The number of benzene rings is 1. The topological polar surface area (TPSA) is 64.9 Å². The molecule has 1 aromatic carbocycles. The molecule has 0 saturated heterocycles. The second kappa shape index (κ2) is 6.66. The van der Waals surface area contributed by atoms with Crippen LogP contribution in [0.1, 0.15) is 49.2 Å². The first-order valence-corrected chi connectivity index (χ1v) is 7.18. The summed E-state index contributed by atoms with van der Waals surface area (Å²) in [7, 11) is 0. The molecule has 0 spiro atoms.